The van der Waals surface area contributed by atoms with E-state index in [9.17, 15) is 9.18 Å². The van der Waals surface area contributed by atoms with Crippen LogP contribution in [0.25, 0.3) is 33.6 Å². The molecule has 5 aromatic rings. The van der Waals surface area contributed by atoms with Crippen LogP contribution in [0.5, 0.6) is 0 Å². The molecule has 5 rings (SSSR count). The highest BCUT2D eigenvalue weighted by Gasteiger charge is 2.19. The molecule has 0 unspecified atom stereocenters. The van der Waals surface area contributed by atoms with Crippen LogP contribution in [0.15, 0.2) is 89.7 Å². The van der Waals surface area contributed by atoms with Gasteiger partial charge in [-0.25, -0.2) is 13.8 Å². The Morgan fingerprint density at radius 1 is 0.828 bits per heavy atom. The fraction of sp³-hybridized carbons (Fsp3) is 0. The highest BCUT2D eigenvalue weighted by atomic mass is 32.1. The Balaban J connectivity index is 1.79. The van der Waals surface area contributed by atoms with Crippen molar-refractivity contribution in [3.8, 4) is 22.5 Å². The van der Waals surface area contributed by atoms with Gasteiger partial charge in [-0.3, -0.25) is 4.79 Å². The van der Waals surface area contributed by atoms with E-state index in [1.165, 1.54) is 23.5 Å². The minimum Gasteiger partial charge on any atom is -0.267 e. The summed E-state index contributed by atoms with van der Waals surface area (Å²) < 4.78 is 15.4. The largest absolute Gasteiger partial charge is 0.274 e. The summed E-state index contributed by atoms with van der Waals surface area (Å²) in [5.74, 6) is -0.302. The highest BCUT2D eigenvalue weighted by molar-refractivity contribution is 7.15. The molecule has 0 aliphatic rings. The second kappa shape index (κ2) is 7.11. The summed E-state index contributed by atoms with van der Waals surface area (Å²) in [6, 6.07) is 25.8. The average molecular weight is 398 g/mol. The molecule has 0 saturated heterocycles. The Morgan fingerprint density at radius 3 is 2.10 bits per heavy atom. The second-order valence-electron chi connectivity index (χ2n) is 6.63. The second-order valence-corrected chi connectivity index (χ2v) is 7.64. The third-order valence-electron chi connectivity index (χ3n) is 4.72. The molecule has 0 amide bonds. The maximum atomic E-state index is 13.3. The van der Waals surface area contributed by atoms with E-state index < -0.39 is 0 Å². The summed E-state index contributed by atoms with van der Waals surface area (Å²) in [5, 5.41) is 0. The number of imidazole rings is 1. The number of fused-ring (bicyclic) bond motifs is 1. The Labute approximate surface area is 170 Å². The highest BCUT2D eigenvalue weighted by Crippen LogP contribution is 2.32. The Kier molecular flexibility index (Phi) is 4.30. The van der Waals surface area contributed by atoms with E-state index in [2.05, 4.69) is 0 Å². The van der Waals surface area contributed by atoms with Crippen LogP contribution in [0.2, 0.25) is 0 Å². The van der Waals surface area contributed by atoms with Crippen LogP contribution in [-0.4, -0.2) is 9.38 Å². The van der Waals surface area contributed by atoms with E-state index in [0.29, 0.717) is 9.49 Å². The first-order chi connectivity index (χ1) is 14.2. The maximum absolute atomic E-state index is 13.3. The summed E-state index contributed by atoms with van der Waals surface area (Å²) >= 11 is 1.34. The van der Waals surface area contributed by atoms with Crippen molar-refractivity contribution in [1.82, 2.24) is 9.38 Å². The van der Waals surface area contributed by atoms with Crippen molar-refractivity contribution in [3.05, 3.63) is 111 Å². The molecule has 0 spiro atoms. The summed E-state index contributed by atoms with van der Waals surface area (Å²) in [7, 11) is 0. The van der Waals surface area contributed by atoms with Crippen LogP contribution in [0.4, 0.5) is 4.39 Å². The number of hydrogen-bond acceptors (Lipinski definition) is 3. The number of aromatic nitrogens is 2. The number of benzene rings is 3. The van der Waals surface area contributed by atoms with Gasteiger partial charge in [-0.05, 0) is 23.8 Å². The minimum absolute atomic E-state index is 0.122. The van der Waals surface area contributed by atoms with Gasteiger partial charge < -0.3 is 0 Å². The van der Waals surface area contributed by atoms with Gasteiger partial charge in [0.2, 0.25) is 0 Å². The molecule has 3 aromatic carbocycles. The Hall–Kier alpha value is -3.57. The zero-order valence-electron chi connectivity index (χ0n) is 15.2. The molecule has 0 saturated carbocycles. The number of halogens is 1. The summed E-state index contributed by atoms with van der Waals surface area (Å²) in [6.45, 7) is 0. The average Bonchev–Trinajstić information content (AvgIpc) is 3.28. The van der Waals surface area contributed by atoms with Gasteiger partial charge in [-0.2, -0.15) is 0 Å². The zero-order chi connectivity index (χ0) is 19.8. The number of nitrogens with zero attached hydrogens (tertiary/aromatic N) is 2. The Bertz CT molecular complexity index is 1410. The predicted molar refractivity (Wildman–Crippen MR) is 115 cm³/mol. The van der Waals surface area contributed by atoms with Crippen molar-refractivity contribution in [1.29, 1.82) is 0 Å². The summed E-state index contributed by atoms with van der Waals surface area (Å²) in [6.07, 6.45) is 1.78. The topological polar surface area (TPSA) is 34.4 Å². The van der Waals surface area contributed by atoms with Gasteiger partial charge in [-0.1, -0.05) is 84.1 Å². The first-order valence-corrected chi connectivity index (χ1v) is 9.96. The van der Waals surface area contributed by atoms with Crippen LogP contribution in [0, 0.1) is 5.82 Å². The van der Waals surface area contributed by atoms with Crippen LogP contribution < -0.4 is 10.1 Å². The van der Waals surface area contributed by atoms with Crippen molar-refractivity contribution in [2.75, 3.05) is 0 Å². The molecule has 2 aromatic heterocycles. The fourth-order valence-corrected chi connectivity index (χ4v) is 4.34. The van der Waals surface area contributed by atoms with Crippen molar-refractivity contribution >= 4 is 22.4 Å². The third-order valence-corrected chi connectivity index (χ3v) is 5.69. The van der Waals surface area contributed by atoms with Crippen LogP contribution in [-0.2, 0) is 0 Å². The zero-order valence-corrected chi connectivity index (χ0v) is 16.1. The predicted octanol–water partition coefficient (Wildman–Crippen LogP) is 4.78. The SMILES string of the molecule is O=c1/c(=C\c2ccc(F)cc2)sc2nc(-c3ccccc3)c(-c3ccccc3)n12. The van der Waals surface area contributed by atoms with Crippen molar-refractivity contribution in [2.45, 2.75) is 0 Å². The molecule has 5 heteroatoms. The van der Waals surface area contributed by atoms with Crippen LogP contribution in [0.1, 0.15) is 5.56 Å². The van der Waals surface area contributed by atoms with Crippen molar-refractivity contribution in [2.24, 2.45) is 0 Å². The lowest BCUT2D eigenvalue weighted by Gasteiger charge is -2.04. The molecule has 3 nitrogen and oxygen atoms in total. The van der Waals surface area contributed by atoms with Gasteiger partial charge in [0.15, 0.2) is 4.96 Å². The van der Waals surface area contributed by atoms with Gasteiger partial charge in [-0.15, -0.1) is 0 Å². The standard InChI is InChI=1S/C24H15FN2OS/c25-19-13-11-16(12-14-19)15-20-23(28)27-22(18-9-5-2-6-10-18)21(26-24(27)29-20)17-7-3-1-4-8-17/h1-15H/b20-15+. The lowest BCUT2D eigenvalue weighted by Crippen LogP contribution is -2.23. The van der Waals surface area contributed by atoms with E-state index in [0.717, 1.165) is 28.1 Å². The third kappa shape index (κ3) is 3.15. The molecule has 0 aliphatic carbocycles. The molecule has 0 atom stereocenters. The lowest BCUT2D eigenvalue weighted by atomic mass is 10.1. The summed E-state index contributed by atoms with van der Waals surface area (Å²) in [5.41, 5.74) is 4.12. The van der Waals surface area contributed by atoms with E-state index in [1.54, 1.807) is 22.6 Å². The molecule has 0 N–H and O–H groups in total. The summed E-state index contributed by atoms with van der Waals surface area (Å²) in [4.78, 5) is 18.7. The molecule has 2 heterocycles. The molecule has 0 fully saturated rings. The molecule has 0 aliphatic heterocycles. The number of hydrogen-bond donors (Lipinski definition) is 0. The van der Waals surface area contributed by atoms with Gasteiger partial charge in [0.1, 0.15) is 5.82 Å². The van der Waals surface area contributed by atoms with Gasteiger partial charge in [0, 0.05) is 11.1 Å². The number of thiazole rings is 1. The lowest BCUT2D eigenvalue weighted by molar-refractivity contribution is 0.628. The van der Waals surface area contributed by atoms with Crippen molar-refractivity contribution < 1.29 is 4.39 Å². The Morgan fingerprint density at radius 2 is 1.45 bits per heavy atom. The van der Waals surface area contributed by atoms with E-state index >= 15 is 0 Å². The van der Waals surface area contributed by atoms with Gasteiger partial charge >= 0.3 is 0 Å². The van der Waals surface area contributed by atoms with E-state index in [1.807, 2.05) is 60.7 Å². The van der Waals surface area contributed by atoms with E-state index in [-0.39, 0.29) is 11.4 Å². The normalized spacial score (nSPS) is 12.0. The first-order valence-electron chi connectivity index (χ1n) is 9.14. The first kappa shape index (κ1) is 17.5. The monoisotopic (exact) mass is 398 g/mol. The molecule has 0 bridgehead atoms. The number of rotatable bonds is 3. The van der Waals surface area contributed by atoms with Gasteiger partial charge in [0.05, 0.1) is 15.9 Å². The molecule has 140 valence electrons. The quantitative estimate of drug-likeness (QED) is 0.438. The maximum Gasteiger partial charge on any atom is 0.274 e. The molecule has 29 heavy (non-hydrogen) atoms. The molecular formula is C24H15FN2OS. The minimum atomic E-state index is -0.302. The molecule has 0 radical (unpaired) electrons. The van der Waals surface area contributed by atoms with Crippen LogP contribution >= 0.6 is 11.3 Å². The van der Waals surface area contributed by atoms with Gasteiger partial charge in [0.25, 0.3) is 5.56 Å². The van der Waals surface area contributed by atoms with Crippen LogP contribution in [0.3, 0.4) is 0 Å². The van der Waals surface area contributed by atoms with Crippen molar-refractivity contribution in [3.63, 3.8) is 0 Å². The fourth-order valence-electron chi connectivity index (χ4n) is 3.37. The smallest absolute Gasteiger partial charge is 0.267 e. The molecular weight excluding hydrogens is 383 g/mol. The van der Waals surface area contributed by atoms with E-state index in [4.69, 9.17) is 4.98 Å².